The van der Waals surface area contributed by atoms with E-state index in [0.29, 0.717) is 13.2 Å². The van der Waals surface area contributed by atoms with Crippen LogP contribution in [0.2, 0.25) is 0 Å². The standard InChI is InChI=1S/C15H22N2O3/c1-10(17-11(2)15(18)16-3)12-5-6-13-14(9-12)20-8-4-7-19-13/h5-6,9-11,17H,4,7-8H2,1-3H3,(H,16,18). The van der Waals surface area contributed by atoms with Gasteiger partial charge < -0.3 is 14.8 Å². The molecule has 5 heteroatoms. The van der Waals surface area contributed by atoms with Gasteiger partial charge in [0.05, 0.1) is 19.3 Å². The number of carbonyl (C=O) groups excluding carboxylic acids is 1. The van der Waals surface area contributed by atoms with E-state index in [1.54, 1.807) is 7.05 Å². The largest absolute Gasteiger partial charge is 0.490 e. The molecule has 0 saturated heterocycles. The van der Waals surface area contributed by atoms with Crippen molar-refractivity contribution < 1.29 is 14.3 Å². The summed E-state index contributed by atoms with van der Waals surface area (Å²) in [4.78, 5) is 11.5. The first-order valence-electron chi connectivity index (χ1n) is 6.99. The van der Waals surface area contributed by atoms with Gasteiger partial charge in [0.15, 0.2) is 11.5 Å². The zero-order valence-electron chi connectivity index (χ0n) is 12.2. The molecule has 0 aromatic heterocycles. The number of fused-ring (bicyclic) bond motifs is 1. The van der Waals surface area contributed by atoms with E-state index in [2.05, 4.69) is 10.6 Å². The van der Waals surface area contributed by atoms with Crippen molar-refractivity contribution in [3.05, 3.63) is 23.8 Å². The van der Waals surface area contributed by atoms with Crippen LogP contribution < -0.4 is 20.1 Å². The lowest BCUT2D eigenvalue weighted by Gasteiger charge is -2.20. The Labute approximate surface area is 119 Å². The monoisotopic (exact) mass is 278 g/mol. The molecule has 0 spiro atoms. The summed E-state index contributed by atoms with van der Waals surface area (Å²) in [7, 11) is 1.64. The molecule has 20 heavy (non-hydrogen) atoms. The lowest BCUT2D eigenvalue weighted by Crippen LogP contribution is -2.41. The lowest BCUT2D eigenvalue weighted by molar-refractivity contribution is -0.122. The molecule has 1 amide bonds. The van der Waals surface area contributed by atoms with Gasteiger partial charge in [-0.15, -0.1) is 0 Å². The van der Waals surface area contributed by atoms with Gasteiger partial charge in [0, 0.05) is 19.5 Å². The molecule has 1 aromatic rings. The van der Waals surface area contributed by atoms with Crippen LogP contribution in [0, 0.1) is 0 Å². The van der Waals surface area contributed by atoms with Crippen LogP contribution in [0.1, 0.15) is 31.9 Å². The Kier molecular flexibility index (Phi) is 4.84. The summed E-state index contributed by atoms with van der Waals surface area (Å²) in [5.41, 5.74) is 1.07. The molecule has 110 valence electrons. The van der Waals surface area contributed by atoms with Gasteiger partial charge in [0.2, 0.25) is 5.91 Å². The minimum Gasteiger partial charge on any atom is -0.490 e. The lowest BCUT2D eigenvalue weighted by atomic mass is 10.1. The second-order valence-electron chi connectivity index (χ2n) is 4.98. The number of rotatable bonds is 4. The molecule has 1 aromatic carbocycles. The summed E-state index contributed by atoms with van der Waals surface area (Å²) in [6.45, 7) is 5.23. The van der Waals surface area contributed by atoms with Gasteiger partial charge in [0.25, 0.3) is 0 Å². The Hall–Kier alpha value is -1.75. The average Bonchev–Trinajstić information content (AvgIpc) is 2.70. The van der Waals surface area contributed by atoms with Gasteiger partial charge in [-0.3, -0.25) is 10.1 Å². The SMILES string of the molecule is CNC(=O)C(C)NC(C)c1ccc2c(c1)OCCCO2. The summed E-state index contributed by atoms with van der Waals surface area (Å²) in [6.07, 6.45) is 0.894. The van der Waals surface area contributed by atoms with Gasteiger partial charge in [-0.1, -0.05) is 6.07 Å². The number of ether oxygens (including phenoxy) is 2. The molecule has 5 nitrogen and oxygen atoms in total. The van der Waals surface area contributed by atoms with Crippen molar-refractivity contribution in [3.63, 3.8) is 0 Å². The Balaban J connectivity index is 2.08. The predicted molar refractivity (Wildman–Crippen MR) is 77.1 cm³/mol. The Morgan fingerprint density at radius 2 is 1.90 bits per heavy atom. The van der Waals surface area contributed by atoms with E-state index in [1.165, 1.54) is 0 Å². The van der Waals surface area contributed by atoms with Gasteiger partial charge in [-0.25, -0.2) is 0 Å². The molecule has 2 atom stereocenters. The third kappa shape index (κ3) is 3.42. The second kappa shape index (κ2) is 6.61. The number of carbonyl (C=O) groups is 1. The number of likely N-dealkylation sites (N-methyl/N-ethyl adjacent to an activating group) is 1. The maximum absolute atomic E-state index is 11.5. The molecule has 1 aliphatic heterocycles. The van der Waals surface area contributed by atoms with E-state index in [4.69, 9.17) is 9.47 Å². The smallest absolute Gasteiger partial charge is 0.236 e. The van der Waals surface area contributed by atoms with E-state index in [0.717, 1.165) is 23.5 Å². The number of benzene rings is 1. The predicted octanol–water partition coefficient (Wildman–Crippen LogP) is 1.63. The van der Waals surface area contributed by atoms with Gasteiger partial charge in [0.1, 0.15) is 0 Å². The van der Waals surface area contributed by atoms with Crippen molar-refractivity contribution in [2.75, 3.05) is 20.3 Å². The van der Waals surface area contributed by atoms with E-state index >= 15 is 0 Å². The van der Waals surface area contributed by atoms with Crippen LogP contribution >= 0.6 is 0 Å². The Morgan fingerprint density at radius 1 is 1.20 bits per heavy atom. The highest BCUT2D eigenvalue weighted by Crippen LogP contribution is 2.32. The average molecular weight is 278 g/mol. The molecular formula is C15H22N2O3. The molecule has 0 aliphatic carbocycles. The fourth-order valence-electron chi connectivity index (χ4n) is 2.21. The summed E-state index contributed by atoms with van der Waals surface area (Å²) < 4.78 is 11.3. The van der Waals surface area contributed by atoms with E-state index in [-0.39, 0.29) is 18.0 Å². The van der Waals surface area contributed by atoms with Crippen LogP contribution in [0.15, 0.2) is 18.2 Å². The minimum absolute atomic E-state index is 0.0220. The molecule has 0 saturated carbocycles. The van der Waals surface area contributed by atoms with Crippen molar-refractivity contribution in [1.29, 1.82) is 0 Å². The van der Waals surface area contributed by atoms with Gasteiger partial charge in [-0.05, 0) is 31.5 Å². The highest BCUT2D eigenvalue weighted by atomic mass is 16.5. The van der Waals surface area contributed by atoms with E-state index in [9.17, 15) is 4.79 Å². The molecule has 2 rings (SSSR count). The number of nitrogens with one attached hydrogen (secondary N) is 2. The first kappa shape index (κ1) is 14.7. The fraction of sp³-hybridized carbons (Fsp3) is 0.533. The summed E-state index contributed by atoms with van der Waals surface area (Å²) in [5.74, 6) is 1.55. The quantitative estimate of drug-likeness (QED) is 0.879. The van der Waals surface area contributed by atoms with Crippen molar-refractivity contribution >= 4 is 5.91 Å². The molecule has 0 fully saturated rings. The normalized spacial score (nSPS) is 16.9. The zero-order valence-corrected chi connectivity index (χ0v) is 12.2. The van der Waals surface area contributed by atoms with Crippen LogP contribution in [-0.4, -0.2) is 32.2 Å². The molecule has 1 heterocycles. The molecule has 0 bridgehead atoms. The van der Waals surface area contributed by atoms with Crippen LogP contribution in [0.25, 0.3) is 0 Å². The molecule has 2 unspecified atom stereocenters. The maximum Gasteiger partial charge on any atom is 0.236 e. The van der Waals surface area contributed by atoms with Crippen LogP contribution in [0.3, 0.4) is 0 Å². The van der Waals surface area contributed by atoms with Crippen LogP contribution in [0.5, 0.6) is 11.5 Å². The topological polar surface area (TPSA) is 59.6 Å². The molecule has 0 radical (unpaired) electrons. The van der Waals surface area contributed by atoms with E-state index < -0.39 is 0 Å². The summed E-state index contributed by atoms with van der Waals surface area (Å²) in [6, 6.07) is 5.72. The van der Waals surface area contributed by atoms with Gasteiger partial charge >= 0.3 is 0 Å². The first-order chi connectivity index (χ1) is 9.61. The van der Waals surface area contributed by atoms with Crippen LogP contribution in [-0.2, 0) is 4.79 Å². The number of hydrogen-bond acceptors (Lipinski definition) is 4. The summed E-state index contributed by atoms with van der Waals surface area (Å²) >= 11 is 0. The zero-order chi connectivity index (χ0) is 14.5. The van der Waals surface area contributed by atoms with Gasteiger partial charge in [-0.2, -0.15) is 0 Å². The third-order valence-corrected chi connectivity index (χ3v) is 3.41. The second-order valence-corrected chi connectivity index (χ2v) is 4.98. The highest BCUT2D eigenvalue weighted by molar-refractivity contribution is 5.80. The highest BCUT2D eigenvalue weighted by Gasteiger charge is 2.17. The first-order valence-corrected chi connectivity index (χ1v) is 6.99. The Bertz CT molecular complexity index is 476. The van der Waals surface area contributed by atoms with Crippen molar-refractivity contribution in [2.24, 2.45) is 0 Å². The fourth-order valence-corrected chi connectivity index (χ4v) is 2.21. The summed E-state index contributed by atoms with van der Waals surface area (Å²) in [5, 5.41) is 5.89. The molecule has 1 aliphatic rings. The van der Waals surface area contributed by atoms with E-state index in [1.807, 2.05) is 32.0 Å². The van der Waals surface area contributed by atoms with Crippen molar-refractivity contribution in [2.45, 2.75) is 32.4 Å². The third-order valence-electron chi connectivity index (χ3n) is 3.41. The number of hydrogen-bond donors (Lipinski definition) is 2. The van der Waals surface area contributed by atoms with Crippen molar-refractivity contribution in [1.82, 2.24) is 10.6 Å². The minimum atomic E-state index is -0.244. The van der Waals surface area contributed by atoms with Crippen molar-refractivity contribution in [3.8, 4) is 11.5 Å². The maximum atomic E-state index is 11.5. The Morgan fingerprint density at radius 3 is 2.60 bits per heavy atom. The number of amides is 1. The molecule has 2 N–H and O–H groups in total. The molecular weight excluding hydrogens is 256 g/mol. The van der Waals surface area contributed by atoms with Crippen LogP contribution in [0.4, 0.5) is 0 Å².